The number of hydrogen-bond donors (Lipinski definition) is 3. The molecule has 0 aliphatic heterocycles. The molecule has 0 bridgehead atoms. The van der Waals surface area contributed by atoms with Gasteiger partial charge in [-0.3, -0.25) is 0 Å². The van der Waals surface area contributed by atoms with E-state index in [1.54, 1.807) is 12.1 Å². The summed E-state index contributed by atoms with van der Waals surface area (Å²) in [6.45, 7) is 2.27. The van der Waals surface area contributed by atoms with Crippen LogP contribution in [0.4, 0.5) is 16.2 Å². The molecular weight excluding hydrogens is 226 g/mol. The van der Waals surface area contributed by atoms with Crippen molar-refractivity contribution in [3.63, 3.8) is 0 Å². The number of carbonyl (C=O) groups excluding carboxylic acids is 1. The number of anilines is 2. The Morgan fingerprint density at radius 3 is 2.67 bits per heavy atom. The Labute approximate surface area is 108 Å². The average molecular weight is 247 g/mol. The first-order chi connectivity index (χ1) is 8.63. The Morgan fingerprint density at radius 1 is 1.28 bits per heavy atom. The lowest BCUT2D eigenvalue weighted by Crippen LogP contribution is -2.39. The molecule has 4 heteroatoms. The predicted molar refractivity (Wildman–Crippen MR) is 74.4 cm³/mol. The standard InChI is InChI=1S/C14H21N3O/c1-10-5-7-12(8-6-10)16-14(18)17-13-4-2-3-11(15)9-13/h2-4,9-10,12H,5-8,15H2,1H3,(H2,16,17,18). The maximum atomic E-state index is 11.8. The van der Waals surface area contributed by atoms with Gasteiger partial charge in [-0.2, -0.15) is 0 Å². The van der Waals surface area contributed by atoms with E-state index in [1.165, 1.54) is 12.8 Å². The highest BCUT2D eigenvalue weighted by atomic mass is 16.2. The van der Waals surface area contributed by atoms with E-state index in [2.05, 4.69) is 17.6 Å². The van der Waals surface area contributed by atoms with E-state index in [9.17, 15) is 4.79 Å². The van der Waals surface area contributed by atoms with Gasteiger partial charge < -0.3 is 16.4 Å². The van der Waals surface area contributed by atoms with Gasteiger partial charge in [0, 0.05) is 17.4 Å². The minimum atomic E-state index is -0.139. The largest absolute Gasteiger partial charge is 0.399 e. The van der Waals surface area contributed by atoms with Gasteiger partial charge in [-0.25, -0.2) is 4.79 Å². The minimum Gasteiger partial charge on any atom is -0.399 e. The summed E-state index contributed by atoms with van der Waals surface area (Å²) in [6, 6.07) is 7.38. The molecule has 18 heavy (non-hydrogen) atoms. The minimum absolute atomic E-state index is 0.139. The zero-order valence-electron chi connectivity index (χ0n) is 10.8. The molecule has 0 saturated heterocycles. The van der Waals surface area contributed by atoms with Gasteiger partial charge in [0.05, 0.1) is 0 Å². The SMILES string of the molecule is CC1CCC(NC(=O)Nc2cccc(N)c2)CC1. The van der Waals surface area contributed by atoms with Crippen molar-refractivity contribution >= 4 is 17.4 Å². The van der Waals surface area contributed by atoms with Crippen LogP contribution in [0.2, 0.25) is 0 Å². The van der Waals surface area contributed by atoms with Crippen molar-refractivity contribution in [3.8, 4) is 0 Å². The third-order valence-electron chi connectivity index (χ3n) is 3.50. The van der Waals surface area contributed by atoms with Crippen LogP contribution < -0.4 is 16.4 Å². The van der Waals surface area contributed by atoms with Crippen molar-refractivity contribution in [2.45, 2.75) is 38.6 Å². The van der Waals surface area contributed by atoms with Crippen LogP contribution in [0.15, 0.2) is 24.3 Å². The van der Waals surface area contributed by atoms with Crippen molar-refractivity contribution in [1.82, 2.24) is 5.32 Å². The van der Waals surface area contributed by atoms with Gasteiger partial charge in [-0.15, -0.1) is 0 Å². The van der Waals surface area contributed by atoms with Gasteiger partial charge in [0.15, 0.2) is 0 Å². The summed E-state index contributed by atoms with van der Waals surface area (Å²) in [5, 5.41) is 5.83. The summed E-state index contributed by atoms with van der Waals surface area (Å²) in [4.78, 5) is 11.8. The van der Waals surface area contributed by atoms with E-state index in [1.807, 2.05) is 12.1 Å². The van der Waals surface area contributed by atoms with Crippen LogP contribution in [0.25, 0.3) is 0 Å². The van der Waals surface area contributed by atoms with Crippen molar-refractivity contribution in [2.75, 3.05) is 11.1 Å². The number of benzene rings is 1. The van der Waals surface area contributed by atoms with E-state index in [0.29, 0.717) is 11.7 Å². The van der Waals surface area contributed by atoms with Crippen LogP contribution >= 0.6 is 0 Å². The summed E-state index contributed by atoms with van der Waals surface area (Å²) in [5.41, 5.74) is 7.05. The summed E-state index contributed by atoms with van der Waals surface area (Å²) >= 11 is 0. The van der Waals surface area contributed by atoms with Crippen LogP contribution in [-0.4, -0.2) is 12.1 Å². The molecule has 0 radical (unpaired) electrons. The van der Waals surface area contributed by atoms with Crippen LogP contribution in [0.3, 0.4) is 0 Å². The number of nitrogen functional groups attached to an aromatic ring is 1. The zero-order chi connectivity index (χ0) is 13.0. The van der Waals surface area contributed by atoms with Gasteiger partial charge in [-0.1, -0.05) is 13.0 Å². The molecule has 1 aromatic rings. The van der Waals surface area contributed by atoms with Gasteiger partial charge in [-0.05, 0) is 49.8 Å². The van der Waals surface area contributed by atoms with Crippen LogP contribution in [0, 0.1) is 5.92 Å². The molecule has 1 aliphatic rings. The van der Waals surface area contributed by atoms with Gasteiger partial charge in [0.2, 0.25) is 0 Å². The summed E-state index contributed by atoms with van der Waals surface area (Å²) in [5.74, 6) is 0.792. The molecule has 1 aromatic carbocycles. The molecule has 1 fully saturated rings. The predicted octanol–water partition coefficient (Wildman–Crippen LogP) is 2.97. The third kappa shape index (κ3) is 3.65. The Kier molecular flexibility index (Phi) is 4.07. The molecule has 4 N–H and O–H groups in total. The molecule has 2 amide bonds. The molecular formula is C14H21N3O. The molecule has 0 heterocycles. The first-order valence-corrected chi connectivity index (χ1v) is 6.56. The quantitative estimate of drug-likeness (QED) is 0.703. The Hall–Kier alpha value is -1.71. The van der Waals surface area contributed by atoms with Gasteiger partial charge >= 0.3 is 6.03 Å². The lowest BCUT2D eigenvalue weighted by molar-refractivity contribution is 0.239. The summed E-state index contributed by atoms with van der Waals surface area (Å²) in [6.07, 6.45) is 4.55. The molecule has 0 spiro atoms. The highest BCUT2D eigenvalue weighted by Gasteiger charge is 2.19. The molecule has 1 saturated carbocycles. The fourth-order valence-corrected chi connectivity index (χ4v) is 2.37. The number of urea groups is 1. The Bertz CT molecular complexity index is 411. The number of carbonyl (C=O) groups is 1. The molecule has 0 aromatic heterocycles. The van der Waals surface area contributed by atoms with Crippen molar-refractivity contribution in [2.24, 2.45) is 5.92 Å². The average Bonchev–Trinajstić information content (AvgIpc) is 2.32. The number of nitrogens with two attached hydrogens (primary N) is 1. The maximum absolute atomic E-state index is 11.8. The lowest BCUT2D eigenvalue weighted by Gasteiger charge is -2.26. The topological polar surface area (TPSA) is 67.2 Å². The zero-order valence-corrected chi connectivity index (χ0v) is 10.8. The number of amides is 2. The number of nitrogens with one attached hydrogen (secondary N) is 2. The van der Waals surface area contributed by atoms with Gasteiger partial charge in [0.1, 0.15) is 0 Å². The summed E-state index contributed by atoms with van der Waals surface area (Å²) < 4.78 is 0. The van der Waals surface area contributed by atoms with Crippen LogP contribution in [0.1, 0.15) is 32.6 Å². The first-order valence-electron chi connectivity index (χ1n) is 6.56. The van der Waals surface area contributed by atoms with E-state index in [0.717, 1.165) is 24.4 Å². The number of hydrogen-bond acceptors (Lipinski definition) is 2. The monoisotopic (exact) mass is 247 g/mol. The van der Waals surface area contributed by atoms with Crippen molar-refractivity contribution in [3.05, 3.63) is 24.3 Å². The van der Waals surface area contributed by atoms with Crippen molar-refractivity contribution in [1.29, 1.82) is 0 Å². The van der Waals surface area contributed by atoms with Crippen LogP contribution in [-0.2, 0) is 0 Å². The second-order valence-corrected chi connectivity index (χ2v) is 5.18. The second kappa shape index (κ2) is 5.76. The fourth-order valence-electron chi connectivity index (χ4n) is 2.37. The molecule has 1 aliphatic carbocycles. The second-order valence-electron chi connectivity index (χ2n) is 5.18. The number of rotatable bonds is 2. The van der Waals surface area contributed by atoms with E-state index in [4.69, 9.17) is 5.73 Å². The van der Waals surface area contributed by atoms with Gasteiger partial charge in [0.25, 0.3) is 0 Å². The smallest absolute Gasteiger partial charge is 0.319 e. The first kappa shape index (κ1) is 12.7. The molecule has 0 unspecified atom stereocenters. The summed E-state index contributed by atoms with van der Waals surface area (Å²) in [7, 11) is 0. The Morgan fingerprint density at radius 2 is 2.00 bits per heavy atom. The molecule has 98 valence electrons. The molecule has 2 rings (SSSR count). The molecule has 4 nitrogen and oxygen atoms in total. The maximum Gasteiger partial charge on any atom is 0.319 e. The fraction of sp³-hybridized carbons (Fsp3) is 0.500. The third-order valence-corrected chi connectivity index (χ3v) is 3.50. The van der Waals surface area contributed by atoms with E-state index >= 15 is 0 Å². The Balaban J connectivity index is 1.82. The van der Waals surface area contributed by atoms with Crippen molar-refractivity contribution < 1.29 is 4.79 Å². The van der Waals surface area contributed by atoms with E-state index < -0.39 is 0 Å². The lowest BCUT2D eigenvalue weighted by atomic mass is 9.87. The van der Waals surface area contributed by atoms with E-state index in [-0.39, 0.29) is 6.03 Å². The van der Waals surface area contributed by atoms with Crippen LogP contribution in [0.5, 0.6) is 0 Å². The highest BCUT2D eigenvalue weighted by Crippen LogP contribution is 2.23. The molecule has 0 atom stereocenters. The highest BCUT2D eigenvalue weighted by molar-refractivity contribution is 5.89. The normalized spacial score (nSPS) is 23.4.